The zero-order valence-electron chi connectivity index (χ0n) is 15.5. The second-order valence-corrected chi connectivity index (χ2v) is 7.36. The van der Waals surface area contributed by atoms with Gasteiger partial charge in [0, 0.05) is 7.05 Å². The lowest BCUT2D eigenvalue weighted by Crippen LogP contribution is -2.51. The van der Waals surface area contributed by atoms with Crippen LogP contribution in [0, 0.1) is 11.3 Å². The van der Waals surface area contributed by atoms with E-state index in [1.807, 2.05) is 42.5 Å². The van der Waals surface area contributed by atoms with Crippen molar-refractivity contribution in [2.45, 2.75) is 37.6 Å². The van der Waals surface area contributed by atoms with Crippen LogP contribution in [0.4, 0.5) is 0 Å². The maximum atomic E-state index is 12.6. The molecule has 0 aromatic heterocycles. The average molecular weight is 383 g/mol. The molecule has 4 nitrogen and oxygen atoms in total. The van der Waals surface area contributed by atoms with E-state index in [1.165, 1.54) is 0 Å². The SMILES string of the molecule is CN(C(=O)COc1ccc(-c2ccccc2)cc1Cl)C1(C#N)CCCCC1. The fraction of sp³-hybridized carbons (Fsp3) is 0.364. The first-order valence-electron chi connectivity index (χ1n) is 9.21. The molecule has 3 rings (SSSR count). The fourth-order valence-electron chi connectivity index (χ4n) is 3.56. The Labute approximate surface area is 165 Å². The largest absolute Gasteiger partial charge is 0.482 e. The third kappa shape index (κ3) is 4.26. The van der Waals surface area contributed by atoms with Gasteiger partial charge in [-0.3, -0.25) is 4.79 Å². The summed E-state index contributed by atoms with van der Waals surface area (Å²) in [5.74, 6) is 0.259. The van der Waals surface area contributed by atoms with Gasteiger partial charge in [0.05, 0.1) is 11.1 Å². The molecule has 0 aliphatic heterocycles. The number of halogens is 1. The number of nitrogens with zero attached hydrogens (tertiary/aromatic N) is 2. The van der Waals surface area contributed by atoms with Crippen molar-refractivity contribution in [2.75, 3.05) is 13.7 Å². The first-order chi connectivity index (χ1) is 13.1. The summed E-state index contributed by atoms with van der Waals surface area (Å²) in [7, 11) is 1.69. The molecule has 0 unspecified atom stereocenters. The highest BCUT2D eigenvalue weighted by molar-refractivity contribution is 6.32. The second kappa shape index (κ2) is 8.45. The standard InChI is InChI=1S/C22H23ClN2O2/c1-25(22(16-24)12-6-3-7-13-22)21(26)15-27-20-11-10-18(14-19(20)23)17-8-4-2-5-9-17/h2,4-5,8-11,14H,3,6-7,12-13,15H2,1H3. The van der Waals surface area contributed by atoms with Crippen LogP contribution >= 0.6 is 11.6 Å². The van der Waals surface area contributed by atoms with Gasteiger partial charge in [0.25, 0.3) is 5.91 Å². The molecule has 0 saturated heterocycles. The van der Waals surface area contributed by atoms with Crippen LogP contribution in [0.25, 0.3) is 11.1 Å². The number of carbonyl (C=O) groups is 1. The number of likely N-dealkylation sites (N-methyl/N-ethyl adjacent to an activating group) is 1. The summed E-state index contributed by atoms with van der Waals surface area (Å²) in [5, 5.41) is 10.1. The zero-order chi connectivity index (χ0) is 19.3. The third-order valence-corrected chi connectivity index (χ3v) is 5.59. The van der Waals surface area contributed by atoms with Crippen molar-refractivity contribution in [3.8, 4) is 22.9 Å². The summed E-state index contributed by atoms with van der Waals surface area (Å²) in [5.41, 5.74) is 1.34. The highest BCUT2D eigenvalue weighted by atomic mass is 35.5. The topological polar surface area (TPSA) is 53.3 Å². The molecule has 0 radical (unpaired) electrons. The quantitative estimate of drug-likeness (QED) is 0.725. The number of rotatable bonds is 5. The molecule has 0 heterocycles. The van der Waals surface area contributed by atoms with Crippen molar-refractivity contribution in [1.82, 2.24) is 4.90 Å². The van der Waals surface area contributed by atoms with E-state index >= 15 is 0 Å². The maximum absolute atomic E-state index is 12.6. The van der Waals surface area contributed by atoms with Crippen molar-refractivity contribution < 1.29 is 9.53 Å². The molecule has 0 N–H and O–H groups in total. The van der Waals surface area contributed by atoms with Crippen LogP contribution < -0.4 is 4.74 Å². The summed E-state index contributed by atoms with van der Waals surface area (Å²) in [6, 6.07) is 17.8. The Bertz CT molecular complexity index is 839. The molecule has 2 aromatic rings. The summed E-state index contributed by atoms with van der Waals surface area (Å²) in [6.45, 7) is -0.135. The minimum Gasteiger partial charge on any atom is -0.482 e. The number of ether oxygens (including phenoxy) is 1. The number of nitriles is 1. The molecule has 140 valence electrons. The Morgan fingerprint density at radius 1 is 1.15 bits per heavy atom. The fourth-order valence-corrected chi connectivity index (χ4v) is 3.80. The number of amides is 1. The first kappa shape index (κ1) is 19.3. The van der Waals surface area contributed by atoms with Crippen molar-refractivity contribution in [3.63, 3.8) is 0 Å². The van der Waals surface area contributed by atoms with Crippen LogP contribution in [-0.4, -0.2) is 30.0 Å². The smallest absolute Gasteiger partial charge is 0.261 e. The van der Waals surface area contributed by atoms with Crippen molar-refractivity contribution in [3.05, 3.63) is 53.6 Å². The molecule has 0 bridgehead atoms. The molecule has 27 heavy (non-hydrogen) atoms. The van der Waals surface area contributed by atoms with Crippen LogP contribution in [0.15, 0.2) is 48.5 Å². The van der Waals surface area contributed by atoms with E-state index in [4.69, 9.17) is 16.3 Å². The summed E-state index contributed by atoms with van der Waals surface area (Å²) in [6.07, 6.45) is 4.50. The highest BCUT2D eigenvalue weighted by Crippen LogP contribution is 2.33. The molecule has 1 fully saturated rings. The molecule has 0 atom stereocenters. The lowest BCUT2D eigenvalue weighted by atomic mass is 9.81. The zero-order valence-corrected chi connectivity index (χ0v) is 16.2. The molecular formula is C22H23ClN2O2. The average Bonchev–Trinajstić information content (AvgIpc) is 2.73. The second-order valence-electron chi connectivity index (χ2n) is 6.96. The lowest BCUT2D eigenvalue weighted by molar-refractivity contribution is -0.137. The minimum atomic E-state index is -0.709. The Balaban J connectivity index is 1.66. The van der Waals surface area contributed by atoms with Gasteiger partial charge in [-0.1, -0.05) is 67.3 Å². The Morgan fingerprint density at radius 2 is 1.85 bits per heavy atom. The van der Waals surface area contributed by atoms with Crippen molar-refractivity contribution in [1.29, 1.82) is 5.26 Å². The van der Waals surface area contributed by atoms with E-state index in [1.54, 1.807) is 18.0 Å². The predicted molar refractivity (Wildman–Crippen MR) is 107 cm³/mol. The summed E-state index contributed by atoms with van der Waals surface area (Å²) < 4.78 is 5.66. The van der Waals surface area contributed by atoms with Gasteiger partial charge in [0.1, 0.15) is 11.3 Å². The molecule has 1 aliphatic rings. The van der Waals surface area contributed by atoms with E-state index in [0.29, 0.717) is 10.8 Å². The third-order valence-electron chi connectivity index (χ3n) is 5.30. The van der Waals surface area contributed by atoms with Gasteiger partial charge in [-0.05, 0) is 36.1 Å². The Hall–Kier alpha value is -2.51. The molecule has 1 amide bonds. The first-order valence-corrected chi connectivity index (χ1v) is 9.59. The van der Waals surface area contributed by atoms with Crippen LogP contribution in [0.3, 0.4) is 0 Å². The molecular weight excluding hydrogens is 360 g/mol. The van der Waals surface area contributed by atoms with Gasteiger partial charge in [0.2, 0.25) is 0 Å². The Morgan fingerprint density at radius 3 is 2.48 bits per heavy atom. The van der Waals surface area contributed by atoms with Gasteiger partial charge in [-0.25, -0.2) is 0 Å². The van der Waals surface area contributed by atoms with E-state index in [-0.39, 0.29) is 12.5 Å². The van der Waals surface area contributed by atoms with E-state index in [9.17, 15) is 10.1 Å². The normalized spacial score (nSPS) is 15.6. The van der Waals surface area contributed by atoms with Gasteiger partial charge >= 0.3 is 0 Å². The van der Waals surface area contributed by atoms with Crippen LogP contribution in [0.1, 0.15) is 32.1 Å². The summed E-state index contributed by atoms with van der Waals surface area (Å²) in [4.78, 5) is 14.1. The van der Waals surface area contributed by atoms with E-state index in [0.717, 1.165) is 43.2 Å². The molecule has 0 spiro atoms. The van der Waals surface area contributed by atoms with Crippen molar-refractivity contribution in [2.24, 2.45) is 0 Å². The van der Waals surface area contributed by atoms with Gasteiger partial charge in [-0.15, -0.1) is 0 Å². The number of hydrogen-bond acceptors (Lipinski definition) is 3. The predicted octanol–water partition coefficient (Wildman–Crippen LogP) is 5.07. The summed E-state index contributed by atoms with van der Waals surface area (Å²) >= 11 is 6.34. The minimum absolute atomic E-state index is 0.135. The lowest BCUT2D eigenvalue weighted by Gasteiger charge is -2.38. The van der Waals surface area contributed by atoms with Crippen molar-refractivity contribution >= 4 is 17.5 Å². The monoisotopic (exact) mass is 382 g/mol. The van der Waals surface area contributed by atoms with Crippen LogP contribution in [-0.2, 0) is 4.79 Å². The highest BCUT2D eigenvalue weighted by Gasteiger charge is 2.38. The van der Waals surface area contributed by atoms with E-state index in [2.05, 4.69) is 6.07 Å². The van der Waals surface area contributed by atoms with Crippen LogP contribution in [0.2, 0.25) is 5.02 Å². The number of hydrogen-bond donors (Lipinski definition) is 0. The number of benzene rings is 2. The van der Waals surface area contributed by atoms with Gasteiger partial charge in [0.15, 0.2) is 6.61 Å². The molecule has 1 aliphatic carbocycles. The van der Waals surface area contributed by atoms with Gasteiger partial charge in [-0.2, -0.15) is 5.26 Å². The molecule has 1 saturated carbocycles. The van der Waals surface area contributed by atoms with E-state index < -0.39 is 5.54 Å². The van der Waals surface area contributed by atoms with Gasteiger partial charge < -0.3 is 9.64 Å². The molecule has 2 aromatic carbocycles. The van der Waals surface area contributed by atoms with Crippen LogP contribution in [0.5, 0.6) is 5.75 Å². The Kier molecular flexibility index (Phi) is 6.03. The number of carbonyl (C=O) groups excluding carboxylic acids is 1. The maximum Gasteiger partial charge on any atom is 0.261 e. The molecule has 5 heteroatoms.